The van der Waals surface area contributed by atoms with E-state index in [1.165, 1.54) is 25.9 Å². The minimum absolute atomic E-state index is 0.174. The monoisotopic (exact) mass is 491 g/mol. The Kier molecular flexibility index (Phi) is 9.30. The molecule has 0 unspecified atom stereocenters. The van der Waals surface area contributed by atoms with E-state index in [1.807, 2.05) is 35.1 Å². The van der Waals surface area contributed by atoms with Crippen LogP contribution in [0.5, 0.6) is 0 Å². The number of unbranched alkanes of at least 4 members (excludes halogenated alkanes) is 1. The molecule has 0 spiro atoms. The van der Waals surface area contributed by atoms with Crippen LogP contribution in [0.3, 0.4) is 0 Å². The van der Waals surface area contributed by atoms with E-state index in [-0.39, 0.29) is 5.91 Å². The third-order valence-corrected chi connectivity index (χ3v) is 6.91. The number of aromatic nitrogens is 4. The maximum Gasteiger partial charge on any atom is 0.254 e. The summed E-state index contributed by atoms with van der Waals surface area (Å²) in [4.78, 5) is 32.2. The smallest absolute Gasteiger partial charge is 0.254 e. The van der Waals surface area contributed by atoms with Crippen molar-refractivity contribution in [1.82, 2.24) is 34.2 Å². The van der Waals surface area contributed by atoms with Gasteiger partial charge in [0.1, 0.15) is 11.6 Å². The minimum atomic E-state index is 0.174. The van der Waals surface area contributed by atoms with Gasteiger partial charge in [-0.25, -0.2) is 9.97 Å². The molecule has 1 N–H and O–H groups in total. The van der Waals surface area contributed by atoms with Crippen molar-refractivity contribution in [1.29, 1.82) is 0 Å². The molecule has 0 saturated heterocycles. The van der Waals surface area contributed by atoms with Crippen LogP contribution in [0.1, 0.15) is 72.7 Å². The zero-order valence-corrected chi connectivity index (χ0v) is 22.1. The Bertz CT molecular complexity index is 1090. The van der Waals surface area contributed by atoms with Gasteiger partial charge in [-0.3, -0.25) is 9.69 Å². The van der Waals surface area contributed by atoms with Gasteiger partial charge in [0.15, 0.2) is 0 Å². The van der Waals surface area contributed by atoms with Crippen LogP contribution in [0.4, 0.5) is 0 Å². The normalized spacial score (nSPS) is 13.4. The summed E-state index contributed by atoms with van der Waals surface area (Å²) in [5, 5.41) is 0. The van der Waals surface area contributed by atoms with Crippen LogP contribution in [0, 0.1) is 0 Å². The largest absolute Gasteiger partial charge is 0.348 e. The van der Waals surface area contributed by atoms with E-state index >= 15 is 0 Å². The number of carbonyl (C=O) groups is 1. The molecular formula is C28H41N7O. The molecule has 2 aromatic heterocycles. The molecule has 0 saturated carbocycles. The van der Waals surface area contributed by atoms with Crippen LogP contribution in [0.15, 0.2) is 43.0 Å². The first-order chi connectivity index (χ1) is 17.6. The number of hydrogen-bond donors (Lipinski definition) is 1. The van der Waals surface area contributed by atoms with Crippen molar-refractivity contribution in [3.63, 3.8) is 0 Å². The molecular weight excluding hydrogens is 450 g/mol. The number of carbonyl (C=O) groups excluding carboxylic acids is 1. The lowest BCUT2D eigenvalue weighted by molar-refractivity contribution is 0.0774. The van der Waals surface area contributed by atoms with E-state index in [0.29, 0.717) is 13.1 Å². The van der Waals surface area contributed by atoms with E-state index in [2.05, 4.69) is 56.8 Å². The lowest BCUT2D eigenvalue weighted by Crippen LogP contribution is -2.28. The topological polar surface area (TPSA) is 73.3 Å². The third-order valence-electron chi connectivity index (χ3n) is 6.91. The van der Waals surface area contributed by atoms with Crippen LogP contribution < -0.4 is 0 Å². The molecule has 194 valence electrons. The van der Waals surface area contributed by atoms with E-state index in [4.69, 9.17) is 0 Å². The molecule has 1 aromatic carbocycles. The molecule has 8 heteroatoms. The first kappa shape index (κ1) is 26.1. The SMILES string of the molecule is CCCN(CCC)CCCCN1Cc2ccc(CN(Cc3ncc[nH]3)Cc3nccn3C)cc2C1=O. The molecule has 1 aliphatic rings. The maximum atomic E-state index is 13.2. The number of imidazole rings is 2. The Hall–Kier alpha value is -2.97. The van der Waals surface area contributed by atoms with Gasteiger partial charge in [0.05, 0.1) is 13.1 Å². The summed E-state index contributed by atoms with van der Waals surface area (Å²) in [6.45, 7) is 11.6. The first-order valence-corrected chi connectivity index (χ1v) is 13.4. The predicted octanol–water partition coefficient (Wildman–Crippen LogP) is 4.20. The van der Waals surface area contributed by atoms with E-state index < -0.39 is 0 Å². The van der Waals surface area contributed by atoms with Gasteiger partial charge in [-0.15, -0.1) is 0 Å². The quantitative estimate of drug-likeness (QED) is 0.323. The van der Waals surface area contributed by atoms with Gasteiger partial charge in [0.25, 0.3) is 5.91 Å². The summed E-state index contributed by atoms with van der Waals surface area (Å²) in [7, 11) is 2.02. The summed E-state index contributed by atoms with van der Waals surface area (Å²) in [6.07, 6.45) is 12.0. The Morgan fingerprint density at radius 3 is 2.50 bits per heavy atom. The van der Waals surface area contributed by atoms with E-state index in [0.717, 1.165) is 67.4 Å². The second-order valence-corrected chi connectivity index (χ2v) is 9.90. The van der Waals surface area contributed by atoms with Crippen LogP contribution in [0.2, 0.25) is 0 Å². The zero-order valence-electron chi connectivity index (χ0n) is 22.1. The fourth-order valence-electron chi connectivity index (χ4n) is 5.06. The molecule has 0 fully saturated rings. The number of fused-ring (bicyclic) bond motifs is 1. The second kappa shape index (κ2) is 12.8. The standard InChI is InChI=1S/C28H41N7O/c1-4-13-33(14-5-2)15-6-7-16-35-20-24-9-8-23(18-25(24)28(35)36)19-34(21-26-29-10-11-30-26)22-27-31-12-17-32(27)3/h8-12,17-18H,4-7,13-16,19-22H2,1-3H3,(H,29,30). The van der Waals surface area contributed by atoms with E-state index in [1.54, 1.807) is 6.20 Å². The highest BCUT2D eigenvalue weighted by Gasteiger charge is 2.27. The summed E-state index contributed by atoms with van der Waals surface area (Å²) in [5.41, 5.74) is 3.14. The number of H-pyrrole nitrogens is 1. The highest BCUT2D eigenvalue weighted by Crippen LogP contribution is 2.25. The molecule has 0 radical (unpaired) electrons. The van der Waals surface area contributed by atoms with Gasteiger partial charge in [0, 0.05) is 57.0 Å². The average Bonchev–Trinajstić information content (AvgIpc) is 3.59. The van der Waals surface area contributed by atoms with E-state index in [9.17, 15) is 4.79 Å². The molecule has 8 nitrogen and oxygen atoms in total. The molecule has 0 bridgehead atoms. The lowest BCUT2D eigenvalue weighted by Gasteiger charge is -2.22. The van der Waals surface area contributed by atoms with Crippen LogP contribution in [-0.4, -0.2) is 66.3 Å². The third kappa shape index (κ3) is 6.83. The van der Waals surface area contributed by atoms with Gasteiger partial charge >= 0.3 is 0 Å². The van der Waals surface area contributed by atoms with Crippen LogP contribution in [-0.2, 0) is 33.2 Å². The summed E-state index contributed by atoms with van der Waals surface area (Å²) in [6, 6.07) is 6.39. The van der Waals surface area contributed by atoms with Crippen molar-refractivity contribution in [2.75, 3.05) is 26.2 Å². The number of benzene rings is 1. The fourth-order valence-corrected chi connectivity index (χ4v) is 5.06. The molecule has 4 rings (SSSR count). The number of nitrogens with one attached hydrogen (secondary N) is 1. The van der Waals surface area contributed by atoms with Crippen molar-refractivity contribution >= 4 is 5.91 Å². The van der Waals surface area contributed by atoms with Gasteiger partial charge in [-0.2, -0.15) is 0 Å². The summed E-state index contributed by atoms with van der Waals surface area (Å²) < 4.78 is 2.04. The van der Waals surface area contributed by atoms with Crippen molar-refractivity contribution in [2.24, 2.45) is 7.05 Å². The summed E-state index contributed by atoms with van der Waals surface area (Å²) >= 11 is 0. The van der Waals surface area contributed by atoms with Gasteiger partial charge in [-0.1, -0.05) is 26.0 Å². The van der Waals surface area contributed by atoms with Gasteiger partial charge in [-0.05, 0) is 62.5 Å². The number of nitrogens with zero attached hydrogens (tertiary/aromatic N) is 6. The highest BCUT2D eigenvalue weighted by atomic mass is 16.2. The molecule has 36 heavy (non-hydrogen) atoms. The lowest BCUT2D eigenvalue weighted by atomic mass is 10.1. The molecule has 0 atom stereocenters. The number of aryl methyl sites for hydroxylation is 1. The Morgan fingerprint density at radius 1 is 0.972 bits per heavy atom. The Labute approximate surface area is 215 Å². The molecule has 3 aromatic rings. The number of amides is 1. The predicted molar refractivity (Wildman–Crippen MR) is 142 cm³/mol. The molecule has 1 aliphatic heterocycles. The molecule has 3 heterocycles. The zero-order chi connectivity index (χ0) is 25.3. The van der Waals surface area contributed by atoms with Crippen LogP contribution >= 0.6 is 0 Å². The van der Waals surface area contributed by atoms with Crippen molar-refractivity contribution in [3.05, 3.63) is 71.3 Å². The maximum absolute atomic E-state index is 13.2. The molecule has 1 amide bonds. The van der Waals surface area contributed by atoms with Gasteiger partial charge in [0.2, 0.25) is 0 Å². The average molecular weight is 492 g/mol. The van der Waals surface area contributed by atoms with Crippen molar-refractivity contribution in [2.45, 2.75) is 65.7 Å². The fraction of sp³-hybridized carbons (Fsp3) is 0.536. The van der Waals surface area contributed by atoms with Crippen LogP contribution in [0.25, 0.3) is 0 Å². The second-order valence-electron chi connectivity index (χ2n) is 9.90. The van der Waals surface area contributed by atoms with Crippen molar-refractivity contribution < 1.29 is 4.79 Å². The number of hydrogen-bond acceptors (Lipinski definition) is 5. The highest BCUT2D eigenvalue weighted by molar-refractivity contribution is 5.98. The first-order valence-electron chi connectivity index (χ1n) is 13.4. The summed E-state index contributed by atoms with van der Waals surface area (Å²) in [5.74, 6) is 2.10. The Morgan fingerprint density at radius 2 is 1.81 bits per heavy atom. The molecule has 0 aliphatic carbocycles. The minimum Gasteiger partial charge on any atom is -0.348 e. The number of rotatable bonds is 15. The van der Waals surface area contributed by atoms with Gasteiger partial charge < -0.3 is 19.4 Å². The van der Waals surface area contributed by atoms with Crippen molar-refractivity contribution in [3.8, 4) is 0 Å². The Balaban J connectivity index is 1.35. The number of aromatic amines is 1.